The molecule has 0 aliphatic carbocycles. The standard InChI is InChI=1S/C31H21BrCl4N2O2S/c1-17-3-8-22(14-25(17)34)37-31-38(23-9-4-18(2)26(35)15-23)30(39)29(41-31)12-19-5-10-28(24(32)11-19)40-16-20-6-7-21(33)13-27(20)36/h3-15H,16H2,1-2H3/b29-12+,37-31?. The van der Waals surface area contributed by atoms with Crippen molar-refractivity contribution in [2.24, 2.45) is 4.99 Å². The van der Waals surface area contributed by atoms with E-state index in [-0.39, 0.29) is 12.5 Å². The molecular formula is C31H21BrCl4N2O2S. The van der Waals surface area contributed by atoms with Crippen molar-refractivity contribution >= 4 is 103 Å². The molecule has 1 amide bonds. The second-order valence-electron chi connectivity index (χ2n) is 9.23. The van der Waals surface area contributed by atoms with Gasteiger partial charge in [0.25, 0.3) is 5.91 Å². The molecule has 1 aliphatic rings. The Morgan fingerprint density at radius 2 is 1.61 bits per heavy atom. The summed E-state index contributed by atoms with van der Waals surface area (Å²) in [6, 6.07) is 21.9. The molecule has 0 spiro atoms. The van der Waals surface area contributed by atoms with Gasteiger partial charge in [-0.3, -0.25) is 9.69 Å². The highest BCUT2D eigenvalue weighted by molar-refractivity contribution is 9.10. The number of rotatable bonds is 6. The van der Waals surface area contributed by atoms with Crippen LogP contribution in [0, 0.1) is 13.8 Å². The highest BCUT2D eigenvalue weighted by Crippen LogP contribution is 2.39. The normalized spacial score (nSPS) is 15.3. The molecule has 1 fully saturated rings. The summed E-state index contributed by atoms with van der Waals surface area (Å²) < 4.78 is 6.70. The maximum absolute atomic E-state index is 13.7. The summed E-state index contributed by atoms with van der Waals surface area (Å²) in [5.41, 5.74) is 4.77. The largest absolute Gasteiger partial charge is 0.488 e. The Bertz CT molecular complexity index is 1740. The van der Waals surface area contributed by atoms with Gasteiger partial charge in [0.1, 0.15) is 12.4 Å². The third-order valence-electron chi connectivity index (χ3n) is 6.25. The second-order valence-corrected chi connectivity index (χ2v) is 12.7. The highest BCUT2D eigenvalue weighted by Gasteiger charge is 2.35. The lowest BCUT2D eigenvalue weighted by Gasteiger charge is -2.16. The minimum Gasteiger partial charge on any atom is -0.488 e. The zero-order valence-corrected chi connectivity index (χ0v) is 27.1. The number of amidine groups is 1. The van der Waals surface area contributed by atoms with E-state index in [1.54, 1.807) is 29.2 Å². The lowest BCUT2D eigenvalue weighted by Crippen LogP contribution is -2.28. The smallest absolute Gasteiger partial charge is 0.271 e. The van der Waals surface area contributed by atoms with Gasteiger partial charge in [-0.05, 0) is 113 Å². The van der Waals surface area contributed by atoms with Crippen molar-refractivity contribution in [3.05, 3.63) is 125 Å². The minimum absolute atomic E-state index is 0.208. The fraction of sp³-hybridized carbons (Fsp3) is 0.0968. The van der Waals surface area contributed by atoms with E-state index in [9.17, 15) is 4.79 Å². The van der Waals surface area contributed by atoms with Gasteiger partial charge in [-0.25, -0.2) is 4.99 Å². The number of carbonyl (C=O) groups excluding carboxylic acids is 1. The molecule has 0 atom stereocenters. The average Bonchev–Trinajstić information content (AvgIpc) is 3.22. The Labute approximate surface area is 271 Å². The van der Waals surface area contributed by atoms with Crippen molar-refractivity contribution in [1.29, 1.82) is 0 Å². The molecule has 0 N–H and O–H groups in total. The molecule has 0 unspecified atom stereocenters. The third-order valence-corrected chi connectivity index (χ3v) is 9.24. The first-order valence-corrected chi connectivity index (χ1v) is 15.4. The van der Waals surface area contributed by atoms with Gasteiger partial charge in [0.15, 0.2) is 5.17 Å². The number of benzene rings is 4. The van der Waals surface area contributed by atoms with Gasteiger partial charge in [0.2, 0.25) is 0 Å². The van der Waals surface area contributed by atoms with E-state index in [2.05, 4.69) is 15.9 Å². The predicted octanol–water partition coefficient (Wildman–Crippen LogP) is 11.1. The molecule has 0 bridgehead atoms. The summed E-state index contributed by atoms with van der Waals surface area (Å²) in [7, 11) is 0. The maximum atomic E-state index is 13.7. The number of anilines is 1. The van der Waals surface area contributed by atoms with Crippen LogP contribution < -0.4 is 9.64 Å². The number of ether oxygens (including phenoxy) is 1. The van der Waals surface area contributed by atoms with Crippen molar-refractivity contribution in [2.75, 3.05) is 4.90 Å². The van der Waals surface area contributed by atoms with E-state index < -0.39 is 0 Å². The van der Waals surface area contributed by atoms with E-state index in [0.717, 1.165) is 26.7 Å². The van der Waals surface area contributed by atoms with Crippen LogP contribution in [0.1, 0.15) is 22.3 Å². The summed E-state index contributed by atoms with van der Waals surface area (Å²) in [5.74, 6) is 0.429. The number of hydrogen-bond acceptors (Lipinski definition) is 4. The van der Waals surface area contributed by atoms with Crippen molar-refractivity contribution in [3.8, 4) is 5.75 Å². The Morgan fingerprint density at radius 3 is 2.29 bits per heavy atom. The molecule has 1 saturated heterocycles. The molecule has 41 heavy (non-hydrogen) atoms. The first-order chi connectivity index (χ1) is 19.6. The number of halogens is 5. The molecule has 4 nitrogen and oxygen atoms in total. The number of hydrogen-bond donors (Lipinski definition) is 0. The molecule has 1 heterocycles. The van der Waals surface area contributed by atoms with Crippen molar-refractivity contribution in [3.63, 3.8) is 0 Å². The van der Waals surface area contributed by atoms with Crippen molar-refractivity contribution in [1.82, 2.24) is 0 Å². The minimum atomic E-state index is -0.208. The quantitative estimate of drug-likeness (QED) is 0.187. The number of amides is 1. The van der Waals surface area contributed by atoms with Crippen LogP contribution in [0.15, 0.2) is 87.2 Å². The SMILES string of the molecule is Cc1ccc(N=C2S/C(=C/c3ccc(OCc4ccc(Cl)cc4Cl)c(Br)c3)C(=O)N2c2ccc(C)c(Cl)c2)cc1Cl. The van der Waals surface area contributed by atoms with Crippen LogP contribution in [0.4, 0.5) is 11.4 Å². The molecule has 208 valence electrons. The first-order valence-electron chi connectivity index (χ1n) is 12.3. The lowest BCUT2D eigenvalue weighted by molar-refractivity contribution is -0.113. The van der Waals surface area contributed by atoms with Crippen LogP contribution in [0.25, 0.3) is 6.08 Å². The van der Waals surface area contributed by atoms with Crippen LogP contribution in [0.3, 0.4) is 0 Å². The van der Waals surface area contributed by atoms with Crippen LogP contribution in [-0.4, -0.2) is 11.1 Å². The lowest BCUT2D eigenvalue weighted by atomic mass is 10.2. The summed E-state index contributed by atoms with van der Waals surface area (Å²) in [6.45, 7) is 4.12. The molecule has 0 radical (unpaired) electrons. The van der Waals surface area contributed by atoms with E-state index in [1.165, 1.54) is 11.8 Å². The molecule has 0 aromatic heterocycles. The fourth-order valence-corrected chi connectivity index (χ4v) is 6.25. The second kappa shape index (κ2) is 12.8. The van der Waals surface area contributed by atoms with Crippen LogP contribution in [0.2, 0.25) is 20.1 Å². The Hall–Kier alpha value is -2.45. The van der Waals surface area contributed by atoms with E-state index in [1.807, 2.05) is 68.5 Å². The van der Waals surface area contributed by atoms with E-state index in [0.29, 0.717) is 47.3 Å². The van der Waals surface area contributed by atoms with Crippen molar-refractivity contribution in [2.45, 2.75) is 20.5 Å². The fourth-order valence-electron chi connectivity index (χ4n) is 3.93. The van der Waals surface area contributed by atoms with E-state index in [4.69, 9.17) is 56.1 Å². The topological polar surface area (TPSA) is 41.9 Å². The number of carbonyl (C=O) groups is 1. The highest BCUT2D eigenvalue weighted by atomic mass is 79.9. The molecule has 10 heteroatoms. The number of aliphatic imine (C=N–C) groups is 1. The summed E-state index contributed by atoms with van der Waals surface area (Å²) in [6.07, 6.45) is 1.82. The molecule has 4 aromatic rings. The molecular weight excluding hydrogens is 686 g/mol. The third kappa shape index (κ3) is 6.96. The zero-order chi connectivity index (χ0) is 29.3. The van der Waals surface area contributed by atoms with Gasteiger partial charge < -0.3 is 4.74 Å². The number of nitrogens with zero attached hydrogens (tertiary/aromatic N) is 2. The molecule has 1 aliphatic heterocycles. The first kappa shape index (κ1) is 30.0. The zero-order valence-electron chi connectivity index (χ0n) is 21.7. The van der Waals surface area contributed by atoms with Crippen LogP contribution in [0.5, 0.6) is 5.75 Å². The maximum Gasteiger partial charge on any atom is 0.271 e. The van der Waals surface area contributed by atoms with Gasteiger partial charge in [0.05, 0.1) is 20.8 Å². The van der Waals surface area contributed by atoms with Gasteiger partial charge >= 0.3 is 0 Å². The van der Waals surface area contributed by atoms with Crippen molar-refractivity contribution < 1.29 is 9.53 Å². The number of aryl methyl sites for hydroxylation is 2. The van der Waals surface area contributed by atoms with Gasteiger partial charge in [-0.2, -0.15) is 0 Å². The Morgan fingerprint density at radius 1 is 0.878 bits per heavy atom. The average molecular weight is 707 g/mol. The van der Waals surface area contributed by atoms with Crippen LogP contribution in [-0.2, 0) is 11.4 Å². The van der Waals surface area contributed by atoms with E-state index >= 15 is 0 Å². The van der Waals surface area contributed by atoms with Crippen LogP contribution >= 0.6 is 74.1 Å². The number of thioether (sulfide) groups is 1. The molecule has 4 aromatic carbocycles. The Kier molecular flexibility index (Phi) is 9.39. The summed E-state index contributed by atoms with van der Waals surface area (Å²) in [4.78, 5) is 20.6. The molecule has 5 rings (SSSR count). The van der Waals surface area contributed by atoms with Gasteiger partial charge in [-0.1, -0.05) is 70.7 Å². The Balaban J connectivity index is 1.44. The predicted molar refractivity (Wildman–Crippen MR) is 177 cm³/mol. The molecule has 0 saturated carbocycles. The van der Waals surface area contributed by atoms with Gasteiger partial charge in [0, 0.05) is 25.7 Å². The summed E-state index contributed by atoms with van der Waals surface area (Å²) in [5, 5.41) is 2.77. The monoisotopic (exact) mass is 704 g/mol. The van der Waals surface area contributed by atoms with Gasteiger partial charge in [-0.15, -0.1) is 0 Å². The summed E-state index contributed by atoms with van der Waals surface area (Å²) >= 11 is 29.9.